The molecule has 1 N–H and O–H groups in total. The molecular formula is C22H29N3O4S. The number of benzene rings is 2. The van der Waals surface area contributed by atoms with Gasteiger partial charge in [0.05, 0.1) is 11.9 Å². The smallest absolute Gasteiger partial charge is 0.257 e. The van der Waals surface area contributed by atoms with E-state index in [1.54, 1.807) is 24.3 Å². The topological polar surface area (TPSA) is 79.0 Å². The van der Waals surface area contributed by atoms with E-state index in [2.05, 4.69) is 34.5 Å². The number of hydrogen-bond donors (Lipinski definition) is 1. The molecule has 2 aromatic rings. The molecule has 0 unspecified atom stereocenters. The van der Waals surface area contributed by atoms with E-state index in [0.29, 0.717) is 18.0 Å². The molecule has 7 nitrogen and oxygen atoms in total. The highest BCUT2D eigenvalue weighted by Crippen LogP contribution is 2.20. The van der Waals surface area contributed by atoms with Gasteiger partial charge in [0.25, 0.3) is 5.91 Å². The van der Waals surface area contributed by atoms with E-state index in [0.717, 1.165) is 38.7 Å². The fraction of sp³-hybridized carbons (Fsp3) is 0.409. The normalized spacial score (nSPS) is 14.1. The van der Waals surface area contributed by atoms with Crippen LogP contribution in [-0.4, -0.2) is 58.8 Å². The van der Waals surface area contributed by atoms with Crippen molar-refractivity contribution in [2.75, 3.05) is 43.8 Å². The van der Waals surface area contributed by atoms with Crippen LogP contribution in [0.2, 0.25) is 0 Å². The molecule has 0 spiro atoms. The standard InChI is InChI=1S/C22H29N3O4S/c1-24(30(2,27)28)20-8-10-21(11-9-20)29-17-22(26)23-13-5-14-25-15-12-18-6-3-4-7-19(18)16-25/h3-4,6-11H,5,12-17H2,1-2H3,(H,23,26). The minimum absolute atomic E-state index is 0.0711. The van der Waals surface area contributed by atoms with Crippen molar-refractivity contribution in [2.24, 2.45) is 0 Å². The average molecular weight is 432 g/mol. The molecule has 1 amide bonds. The third-order valence-corrected chi connectivity index (χ3v) is 6.46. The lowest BCUT2D eigenvalue weighted by molar-refractivity contribution is -0.123. The second-order valence-electron chi connectivity index (χ2n) is 7.51. The second-order valence-corrected chi connectivity index (χ2v) is 9.53. The van der Waals surface area contributed by atoms with Gasteiger partial charge in [-0.3, -0.25) is 14.0 Å². The lowest BCUT2D eigenvalue weighted by Gasteiger charge is -2.28. The number of sulfonamides is 1. The number of nitrogens with one attached hydrogen (secondary N) is 1. The first kappa shape index (κ1) is 22.1. The molecule has 0 bridgehead atoms. The molecule has 0 radical (unpaired) electrons. The van der Waals surface area contributed by atoms with Crippen molar-refractivity contribution in [3.8, 4) is 5.75 Å². The Balaban J connectivity index is 1.34. The van der Waals surface area contributed by atoms with Crippen molar-refractivity contribution in [2.45, 2.75) is 19.4 Å². The summed E-state index contributed by atoms with van der Waals surface area (Å²) in [6, 6.07) is 15.2. The van der Waals surface area contributed by atoms with Crippen molar-refractivity contribution in [1.29, 1.82) is 0 Å². The first-order valence-corrected chi connectivity index (χ1v) is 11.9. The predicted molar refractivity (Wildman–Crippen MR) is 118 cm³/mol. The Labute approximate surface area is 178 Å². The minimum atomic E-state index is -3.31. The van der Waals surface area contributed by atoms with E-state index < -0.39 is 10.0 Å². The van der Waals surface area contributed by atoms with Gasteiger partial charge in [-0.25, -0.2) is 8.42 Å². The number of ether oxygens (including phenoxy) is 1. The number of anilines is 1. The van der Waals surface area contributed by atoms with Crippen molar-refractivity contribution in [3.05, 3.63) is 59.7 Å². The quantitative estimate of drug-likeness (QED) is 0.615. The molecule has 0 saturated heterocycles. The van der Waals surface area contributed by atoms with Crippen LogP contribution in [-0.2, 0) is 27.8 Å². The summed E-state index contributed by atoms with van der Waals surface area (Å²) >= 11 is 0. The zero-order chi connectivity index (χ0) is 21.6. The Kier molecular flexibility index (Phi) is 7.33. The van der Waals surface area contributed by atoms with Crippen LogP contribution in [0.4, 0.5) is 5.69 Å². The third kappa shape index (κ3) is 6.21. The van der Waals surface area contributed by atoms with Gasteiger partial charge in [0.1, 0.15) is 5.75 Å². The first-order chi connectivity index (χ1) is 14.3. The zero-order valence-electron chi connectivity index (χ0n) is 17.5. The van der Waals surface area contributed by atoms with Gasteiger partial charge < -0.3 is 10.1 Å². The maximum Gasteiger partial charge on any atom is 0.257 e. The summed E-state index contributed by atoms with van der Waals surface area (Å²) in [5, 5.41) is 2.88. The van der Waals surface area contributed by atoms with E-state index in [4.69, 9.17) is 4.74 Å². The van der Waals surface area contributed by atoms with Crippen LogP contribution in [0.15, 0.2) is 48.5 Å². The number of carbonyl (C=O) groups excluding carboxylic acids is 1. The van der Waals surface area contributed by atoms with Gasteiger partial charge >= 0.3 is 0 Å². The van der Waals surface area contributed by atoms with E-state index in [-0.39, 0.29) is 12.5 Å². The molecule has 8 heteroatoms. The Morgan fingerprint density at radius 3 is 2.53 bits per heavy atom. The SMILES string of the molecule is CN(c1ccc(OCC(=O)NCCCN2CCc3ccccc3C2)cc1)S(C)(=O)=O. The van der Waals surface area contributed by atoms with E-state index in [1.165, 1.54) is 22.5 Å². The molecule has 0 atom stereocenters. The molecule has 162 valence electrons. The summed E-state index contributed by atoms with van der Waals surface area (Å²) in [5.74, 6) is 0.346. The zero-order valence-corrected chi connectivity index (χ0v) is 18.3. The van der Waals surface area contributed by atoms with Crippen LogP contribution in [0.5, 0.6) is 5.75 Å². The van der Waals surface area contributed by atoms with Gasteiger partial charge in [0.15, 0.2) is 6.61 Å². The summed E-state index contributed by atoms with van der Waals surface area (Å²) in [4.78, 5) is 14.4. The summed E-state index contributed by atoms with van der Waals surface area (Å²) in [5.41, 5.74) is 3.37. The summed E-state index contributed by atoms with van der Waals surface area (Å²) in [6.07, 6.45) is 3.11. The predicted octanol–water partition coefficient (Wildman–Crippen LogP) is 2.03. The van der Waals surface area contributed by atoms with Crippen LogP contribution in [0.3, 0.4) is 0 Å². The maximum absolute atomic E-state index is 12.0. The molecule has 0 aliphatic carbocycles. The van der Waals surface area contributed by atoms with Gasteiger partial charge in [-0.05, 0) is 48.2 Å². The Bertz CT molecular complexity index is 961. The number of hydrogen-bond acceptors (Lipinski definition) is 5. The first-order valence-electron chi connectivity index (χ1n) is 10.1. The number of nitrogens with zero attached hydrogens (tertiary/aromatic N) is 2. The van der Waals surface area contributed by atoms with Crippen molar-refractivity contribution in [1.82, 2.24) is 10.2 Å². The molecule has 2 aromatic carbocycles. The van der Waals surface area contributed by atoms with Gasteiger partial charge in [0.2, 0.25) is 10.0 Å². The van der Waals surface area contributed by atoms with Gasteiger partial charge in [0, 0.05) is 33.2 Å². The molecule has 1 aliphatic rings. The van der Waals surface area contributed by atoms with Crippen LogP contribution in [0, 0.1) is 0 Å². The van der Waals surface area contributed by atoms with Crippen LogP contribution in [0.25, 0.3) is 0 Å². The monoisotopic (exact) mass is 431 g/mol. The Morgan fingerprint density at radius 2 is 1.83 bits per heavy atom. The minimum Gasteiger partial charge on any atom is -0.484 e. The lowest BCUT2D eigenvalue weighted by atomic mass is 10.00. The maximum atomic E-state index is 12.0. The fourth-order valence-electron chi connectivity index (χ4n) is 3.42. The summed E-state index contributed by atoms with van der Waals surface area (Å²) in [7, 11) is -1.82. The third-order valence-electron chi connectivity index (χ3n) is 5.25. The molecule has 1 heterocycles. The van der Waals surface area contributed by atoms with Crippen LogP contribution < -0.4 is 14.4 Å². The lowest BCUT2D eigenvalue weighted by Crippen LogP contribution is -2.35. The van der Waals surface area contributed by atoms with Gasteiger partial charge in [-0.2, -0.15) is 0 Å². The van der Waals surface area contributed by atoms with Crippen molar-refractivity contribution in [3.63, 3.8) is 0 Å². The molecule has 0 saturated carbocycles. The Hall–Kier alpha value is -2.58. The van der Waals surface area contributed by atoms with Gasteiger partial charge in [-0.1, -0.05) is 24.3 Å². The molecule has 1 aliphatic heterocycles. The van der Waals surface area contributed by atoms with E-state index in [9.17, 15) is 13.2 Å². The number of amides is 1. The van der Waals surface area contributed by atoms with Crippen molar-refractivity contribution >= 4 is 21.6 Å². The summed E-state index contributed by atoms with van der Waals surface area (Å²) in [6.45, 7) is 3.51. The number of carbonyl (C=O) groups is 1. The highest BCUT2D eigenvalue weighted by molar-refractivity contribution is 7.92. The highest BCUT2D eigenvalue weighted by Gasteiger charge is 2.15. The second kappa shape index (κ2) is 9.95. The molecule has 0 aromatic heterocycles. The molecule has 30 heavy (non-hydrogen) atoms. The average Bonchev–Trinajstić information content (AvgIpc) is 2.74. The number of fused-ring (bicyclic) bond motifs is 1. The van der Waals surface area contributed by atoms with E-state index >= 15 is 0 Å². The van der Waals surface area contributed by atoms with E-state index in [1.807, 2.05) is 0 Å². The molecular weight excluding hydrogens is 402 g/mol. The number of rotatable bonds is 9. The van der Waals surface area contributed by atoms with Crippen molar-refractivity contribution < 1.29 is 17.9 Å². The van der Waals surface area contributed by atoms with Gasteiger partial charge in [-0.15, -0.1) is 0 Å². The molecule has 0 fully saturated rings. The van der Waals surface area contributed by atoms with Crippen LogP contribution >= 0.6 is 0 Å². The molecule has 3 rings (SSSR count). The Morgan fingerprint density at radius 1 is 1.13 bits per heavy atom. The largest absolute Gasteiger partial charge is 0.484 e. The van der Waals surface area contributed by atoms with Crippen LogP contribution in [0.1, 0.15) is 17.5 Å². The summed E-state index contributed by atoms with van der Waals surface area (Å²) < 4.78 is 29.8. The fourth-order valence-corrected chi connectivity index (χ4v) is 3.92. The highest BCUT2D eigenvalue weighted by atomic mass is 32.2.